The molecule has 5 aromatic rings. The second-order valence-corrected chi connectivity index (χ2v) is 8.99. The highest BCUT2D eigenvalue weighted by Gasteiger charge is 2.16. The van der Waals surface area contributed by atoms with Gasteiger partial charge in [0.25, 0.3) is 5.91 Å². The number of hydrogen-bond donors (Lipinski definition) is 1. The maximum Gasteiger partial charge on any atom is 0.265 e. The van der Waals surface area contributed by atoms with Gasteiger partial charge in [0.15, 0.2) is 10.7 Å². The highest BCUT2D eigenvalue weighted by atomic mass is 32.1. The molecule has 0 atom stereocenters. The van der Waals surface area contributed by atoms with E-state index in [4.69, 9.17) is 4.42 Å². The minimum absolute atomic E-state index is 0.192. The lowest BCUT2D eigenvalue weighted by Crippen LogP contribution is -2.15. The summed E-state index contributed by atoms with van der Waals surface area (Å²) in [4.78, 5) is 25.3. The summed E-state index contributed by atoms with van der Waals surface area (Å²) in [6.07, 6.45) is 0. The van der Waals surface area contributed by atoms with Gasteiger partial charge >= 0.3 is 0 Å². The van der Waals surface area contributed by atoms with Crippen LogP contribution in [0.3, 0.4) is 0 Å². The van der Waals surface area contributed by atoms with Crippen LogP contribution in [0.2, 0.25) is 0 Å². The molecule has 1 amide bonds. The molecule has 0 bridgehead atoms. The predicted molar refractivity (Wildman–Crippen MR) is 124 cm³/mol. The van der Waals surface area contributed by atoms with Crippen molar-refractivity contribution in [2.45, 2.75) is 6.92 Å². The predicted octanol–water partition coefficient (Wildman–Crippen LogP) is 6.01. The number of thiophene rings is 1. The van der Waals surface area contributed by atoms with Crippen LogP contribution in [0.25, 0.3) is 32.1 Å². The Morgan fingerprint density at radius 2 is 1.94 bits per heavy atom. The minimum Gasteiger partial charge on any atom is -0.436 e. The minimum atomic E-state index is -0.317. The van der Waals surface area contributed by atoms with Gasteiger partial charge in [-0.2, -0.15) is 0 Å². The quantitative estimate of drug-likeness (QED) is 0.353. The number of aromatic nitrogens is 2. The molecule has 5 rings (SSSR count). The van der Waals surface area contributed by atoms with Crippen molar-refractivity contribution in [3.8, 4) is 11.5 Å². The van der Waals surface area contributed by atoms with Crippen LogP contribution in [0.1, 0.15) is 16.6 Å². The topological polar surface area (TPSA) is 71.3 Å². The van der Waals surface area contributed by atoms with Gasteiger partial charge in [-0.15, -0.1) is 11.3 Å². The van der Waals surface area contributed by atoms with E-state index in [-0.39, 0.29) is 11.7 Å². The van der Waals surface area contributed by atoms with Crippen LogP contribution in [-0.4, -0.2) is 29.5 Å². The Morgan fingerprint density at radius 1 is 1.13 bits per heavy atom. The largest absolute Gasteiger partial charge is 0.436 e. The van der Waals surface area contributed by atoms with Gasteiger partial charge in [0, 0.05) is 24.8 Å². The molecule has 0 aliphatic rings. The summed E-state index contributed by atoms with van der Waals surface area (Å²) >= 11 is 2.95. The summed E-state index contributed by atoms with van der Waals surface area (Å²) < 4.78 is 19.9. The van der Waals surface area contributed by atoms with Crippen LogP contribution in [0.15, 0.2) is 52.9 Å². The van der Waals surface area contributed by atoms with E-state index in [2.05, 4.69) is 27.1 Å². The number of carbonyl (C=O) groups excluding carboxylic acids is 1. The maximum absolute atomic E-state index is 13.1. The van der Waals surface area contributed by atoms with E-state index in [1.165, 1.54) is 23.5 Å². The molecular weight excluding hydrogens is 435 g/mol. The van der Waals surface area contributed by atoms with E-state index in [1.807, 2.05) is 13.1 Å². The number of nitrogens with one attached hydrogen (secondary N) is 1. The SMILES string of the molecule is CCN(C)c1nc2sc(C(=O)Nc3ccc4oc(-c5ccc(F)cc5)nc4c3)cc2s1. The van der Waals surface area contributed by atoms with E-state index in [9.17, 15) is 9.18 Å². The first-order chi connectivity index (χ1) is 15.0. The van der Waals surface area contributed by atoms with Crippen molar-refractivity contribution >= 4 is 60.0 Å². The number of carbonyl (C=O) groups is 1. The highest BCUT2D eigenvalue weighted by Crippen LogP contribution is 2.34. The lowest BCUT2D eigenvalue weighted by Gasteiger charge is -2.10. The van der Waals surface area contributed by atoms with Gasteiger partial charge in [-0.25, -0.2) is 14.4 Å². The number of fused-ring (bicyclic) bond motifs is 2. The van der Waals surface area contributed by atoms with Crippen LogP contribution in [-0.2, 0) is 0 Å². The zero-order valence-electron chi connectivity index (χ0n) is 16.7. The van der Waals surface area contributed by atoms with E-state index in [1.54, 1.807) is 41.7 Å². The Kier molecular flexibility index (Phi) is 4.91. The number of amides is 1. The summed E-state index contributed by atoms with van der Waals surface area (Å²) in [6.45, 7) is 2.95. The molecule has 2 aromatic carbocycles. The smallest absolute Gasteiger partial charge is 0.265 e. The highest BCUT2D eigenvalue weighted by molar-refractivity contribution is 7.29. The second kappa shape index (κ2) is 7.75. The van der Waals surface area contributed by atoms with Crippen molar-refractivity contribution in [1.82, 2.24) is 9.97 Å². The van der Waals surface area contributed by atoms with Crippen molar-refractivity contribution in [1.29, 1.82) is 0 Å². The molecule has 0 spiro atoms. The Labute approximate surface area is 185 Å². The fraction of sp³-hybridized carbons (Fsp3) is 0.136. The van der Waals surface area contributed by atoms with Gasteiger partial charge in [-0.05, 0) is 55.5 Å². The molecule has 0 aliphatic carbocycles. The van der Waals surface area contributed by atoms with Crippen molar-refractivity contribution in [3.05, 3.63) is 59.2 Å². The standard InChI is InChI=1S/C22H17FN4O2S2/c1-3-27(2)22-26-21-18(31-22)11-17(30-21)19(28)24-14-8-9-16-15(10-14)25-20(29-16)12-4-6-13(23)7-5-12/h4-11H,3H2,1-2H3,(H,24,28). The molecule has 0 saturated carbocycles. The Balaban J connectivity index is 1.37. The van der Waals surface area contributed by atoms with Crippen molar-refractivity contribution in [2.75, 3.05) is 23.8 Å². The molecule has 0 radical (unpaired) electrons. The molecule has 156 valence electrons. The monoisotopic (exact) mass is 452 g/mol. The number of anilines is 2. The molecule has 3 aromatic heterocycles. The van der Waals surface area contributed by atoms with Gasteiger partial charge in [0.05, 0.1) is 9.58 Å². The molecule has 0 aliphatic heterocycles. The number of rotatable bonds is 5. The summed E-state index contributed by atoms with van der Waals surface area (Å²) in [6, 6.07) is 13.1. The van der Waals surface area contributed by atoms with Crippen LogP contribution in [0, 0.1) is 5.82 Å². The molecule has 3 heterocycles. The van der Waals surface area contributed by atoms with E-state index < -0.39 is 0 Å². The van der Waals surface area contributed by atoms with Crippen molar-refractivity contribution < 1.29 is 13.6 Å². The second-order valence-electron chi connectivity index (χ2n) is 6.95. The van der Waals surface area contributed by atoms with Gasteiger partial charge in [-0.3, -0.25) is 4.79 Å². The summed E-state index contributed by atoms with van der Waals surface area (Å²) in [5, 5.41) is 3.86. The molecule has 0 unspecified atom stereocenters. The molecule has 1 N–H and O–H groups in total. The Hall–Kier alpha value is -3.30. The van der Waals surface area contributed by atoms with Gasteiger partial charge in [-0.1, -0.05) is 11.3 Å². The third-order valence-corrected chi connectivity index (χ3v) is 7.11. The number of nitrogens with zero attached hydrogens (tertiary/aromatic N) is 3. The zero-order chi connectivity index (χ0) is 21.5. The third kappa shape index (κ3) is 3.77. The number of thiazole rings is 1. The average molecular weight is 453 g/mol. The van der Waals surface area contributed by atoms with Crippen LogP contribution in [0.5, 0.6) is 0 Å². The molecule has 0 fully saturated rings. The van der Waals surface area contributed by atoms with E-state index in [0.29, 0.717) is 33.1 Å². The first-order valence-electron chi connectivity index (χ1n) is 9.59. The van der Waals surface area contributed by atoms with Gasteiger partial charge in [0.2, 0.25) is 5.89 Å². The fourth-order valence-electron chi connectivity index (χ4n) is 3.05. The summed E-state index contributed by atoms with van der Waals surface area (Å²) in [5.74, 6) is -0.111. The molecule has 9 heteroatoms. The Morgan fingerprint density at radius 3 is 2.68 bits per heavy atom. The number of halogens is 1. The van der Waals surface area contributed by atoms with Crippen LogP contribution in [0.4, 0.5) is 15.2 Å². The normalized spacial score (nSPS) is 11.3. The Bertz CT molecular complexity index is 1370. The molecule has 31 heavy (non-hydrogen) atoms. The number of oxazole rings is 1. The zero-order valence-corrected chi connectivity index (χ0v) is 18.3. The summed E-state index contributed by atoms with van der Waals surface area (Å²) in [7, 11) is 2.00. The van der Waals surface area contributed by atoms with Crippen LogP contribution >= 0.6 is 22.7 Å². The fourth-order valence-corrected chi connectivity index (χ4v) is 5.18. The van der Waals surface area contributed by atoms with Crippen molar-refractivity contribution in [2.24, 2.45) is 0 Å². The van der Waals surface area contributed by atoms with E-state index >= 15 is 0 Å². The van der Waals surface area contributed by atoms with Crippen LogP contribution < -0.4 is 10.2 Å². The lowest BCUT2D eigenvalue weighted by atomic mass is 10.2. The van der Waals surface area contributed by atoms with Gasteiger partial charge in [0.1, 0.15) is 16.2 Å². The number of hydrogen-bond acceptors (Lipinski definition) is 7. The summed E-state index contributed by atoms with van der Waals surface area (Å²) in [5.41, 5.74) is 2.50. The van der Waals surface area contributed by atoms with Crippen molar-refractivity contribution in [3.63, 3.8) is 0 Å². The molecule has 6 nitrogen and oxygen atoms in total. The van der Waals surface area contributed by atoms with Gasteiger partial charge < -0.3 is 14.6 Å². The molecular formula is C22H17FN4O2S2. The average Bonchev–Trinajstić information content (AvgIpc) is 3.46. The number of benzene rings is 2. The lowest BCUT2D eigenvalue weighted by molar-refractivity contribution is 0.103. The third-order valence-electron chi connectivity index (χ3n) is 4.84. The first-order valence-corrected chi connectivity index (χ1v) is 11.2. The maximum atomic E-state index is 13.1. The molecule has 0 saturated heterocycles. The van der Waals surface area contributed by atoms with E-state index in [0.717, 1.165) is 21.2 Å². The first kappa shape index (κ1) is 19.7.